The maximum absolute atomic E-state index is 12.4. The molecule has 0 aromatic carbocycles. The number of amides is 1. The van der Waals surface area contributed by atoms with Crippen molar-refractivity contribution in [2.45, 2.75) is 40.2 Å². The molecule has 4 nitrogen and oxygen atoms in total. The van der Waals surface area contributed by atoms with E-state index in [9.17, 15) is 4.79 Å². The first-order valence-corrected chi connectivity index (χ1v) is 6.34. The van der Waals surface area contributed by atoms with Gasteiger partial charge in [0.2, 0.25) is 0 Å². The van der Waals surface area contributed by atoms with Crippen LogP contribution in [0.5, 0.6) is 0 Å². The van der Waals surface area contributed by atoms with Crippen molar-refractivity contribution in [2.24, 2.45) is 5.92 Å². The van der Waals surface area contributed by atoms with Gasteiger partial charge < -0.3 is 4.90 Å². The molecule has 1 amide bonds. The molecular weight excluding hydrogens is 214 g/mol. The molecule has 1 aliphatic rings. The van der Waals surface area contributed by atoms with Crippen molar-refractivity contribution in [3.05, 3.63) is 17.0 Å². The zero-order valence-electron chi connectivity index (χ0n) is 11.2. The van der Waals surface area contributed by atoms with Gasteiger partial charge in [-0.25, -0.2) is 0 Å². The maximum Gasteiger partial charge on any atom is 0.257 e. The maximum atomic E-state index is 12.4. The molecule has 94 valence electrons. The molecule has 0 spiro atoms. The second-order valence-corrected chi connectivity index (χ2v) is 4.99. The first-order chi connectivity index (χ1) is 8.04. The first kappa shape index (κ1) is 12.1. The minimum absolute atomic E-state index is 0.117. The highest BCUT2D eigenvalue weighted by Gasteiger charge is 2.27. The van der Waals surface area contributed by atoms with E-state index in [1.807, 2.05) is 37.4 Å². The van der Waals surface area contributed by atoms with Gasteiger partial charge in [-0.2, -0.15) is 5.10 Å². The van der Waals surface area contributed by atoms with Crippen LogP contribution in [0.4, 0.5) is 0 Å². The van der Waals surface area contributed by atoms with Gasteiger partial charge in [0.05, 0.1) is 11.3 Å². The quantitative estimate of drug-likeness (QED) is 0.800. The monoisotopic (exact) mass is 235 g/mol. The van der Waals surface area contributed by atoms with Crippen molar-refractivity contribution in [1.29, 1.82) is 0 Å². The smallest absolute Gasteiger partial charge is 0.257 e. The standard InChI is InChI=1S/C13H21N3O/c1-5-16-10(3)12(9(2)14-16)13(17)15(4)8-11-6-7-11/h11H,5-8H2,1-4H3. The van der Waals surface area contributed by atoms with E-state index in [1.54, 1.807) is 0 Å². The fourth-order valence-corrected chi connectivity index (χ4v) is 2.28. The van der Waals surface area contributed by atoms with Gasteiger partial charge in [0.15, 0.2) is 0 Å². The van der Waals surface area contributed by atoms with Gasteiger partial charge in [-0.05, 0) is 39.5 Å². The molecule has 0 unspecified atom stereocenters. The highest BCUT2D eigenvalue weighted by molar-refractivity contribution is 5.96. The van der Waals surface area contributed by atoms with Gasteiger partial charge in [-0.3, -0.25) is 9.48 Å². The summed E-state index contributed by atoms with van der Waals surface area (Å²) in [4.78, 5) is 14.2. The molecule has 0 radical (unpaired) electrons. The minimum atomic E-state index is 0.117. The molecule has 0 atom stereocenters. The Hall–Kier alpha value is -1.32. The molecule has 1 aliphatic carbocycles. The molecule has 1 aromatic heterocycles. The molecule has 1 fully saturated rings. The van der Waals surface area contributed by atoms with E-state index >= 15 is 0 Å². The van der Waals surface area contributed by atoms with Gasteiger partial charge in [-0.15, -0.1) is 0 Å². The van der Waals surface area contributed by atoms with Crippen LogP contribution in [-0.2, 0) is 6.54 Å². The van der Waals surface area contributed by atoms with Gasteiger partial charge >= 0.3 is 0 Å². The molecule has 0 bridgehead atoms. The zero-order valence-corrected chi connectivity index (χ0v) is 11.2. The highest BCUT2D eigenvalue weighted by atomic mass is 16.2. The van der Waals surface area contributed by atoms with Crippen LogP contribution in [0.2, 0.25) is 0 Å². The summed E-state index contributed by atoms with van der Waals surface area (Å²) in [6, 6.07) is 0. The molecule has 1 aromatic rings. The highest BCUT2D eigenvalue weighted by Crippen LogP contribution is 2.30. The number of aryl methyl sites for hydroxylation is 2. The number of carbonyl (C=O) groups excluding carboxylic acids is 1. The molecule has 4 heteroatoms. The summed E-state index contributed by atoms with van der Waals surface area (Å²) in [6.45, 7) is 7.63. The van der Waals surface area contributed by atoms with Crippen LogP contribution in [0.3, 0.4) is 0 Å². The van der Waals surface area contributed by atoms with Crippen LogP contribution < -0.4 is 0 Å². The average Bonchev–Trinajstić information content (AvgIpc) is 3.04. The van der Waals surface area contributed by atoms with Crippen LogP contribution in [0.25, 0.3) is 0 Å². The number of carbonyl (C=O) groups is 1. The third-order valence-electron chi connectivity index (χ3n) is 3.47. The van der Waals surface area contributed by atoms with Crippen LogP contribution in [-0.4, -0.2) is 34.2 Å². The van der Waals surface area contributed by atoms with Crippen molar-refractivity contribution in [3.8, 4) is 0 Å². The lowest BCUT2D eigenvalue weighted by molar-refractivity contribution is 0.0787. The summed E-state index contributed by atoms with van der Waals surface area (Å²) >= 11 is 0. The summed E-state index contributed by atoms with van der Waals surface area (Å²) < 4.78 is 1.90. The van der Waals surface area contributed by atoms with Crippen LogP contribution in [0.15, 0.2) is 0 Å². The first-order valence-electron chi connectivity index (χ1n) is 6.34. The van der Waals surface area contributed by atoms with E-state index in [2.05, 4.69) is 5.10 Å². The molecule has 0 aliphatic heterocycles. The van der Waals surface area contributed by atoms with E-state index in [4.69, 9.17) is 0 Å². The lowest BCUT2D eigenvalue weighted by Crippen LogP contribution is -2.29. The number of hydrogen-bond acceptors (Lipinski definition) is 2. The summed E-state index contributed by atoms with van der Waals surface area (Å²) in [7, 11) is 1.89. The molecule has 0 saturated heterocycles. The molecule has 1 saturated carbocycles. The van der Waals surface area contributed by atoms with Crippen molar-refractivity contribution in [2.75, 3.05) is 13.6 Å². The van der Waals surface area contributed by atoms with Crippen molar-refractivity contribution in [3.63, 3.8) is 0 Å². The average molecular weight is 235 g/mol. The van der Waals surface area contributed by atoms with E-state index in [0.717, 1.165) is 36.0 Å². The van der Waals surface area contributed by atoms with Crippen molar-refractivity contribution >= 4 is 5.91 Å². The Morgan fingerprint density at radius 3 is 2.59 bits per heavy atom. The van der Waals surface area contributed by atoms with Crippen LogP contribution >= 0.6 is 0 Å². The van der Waals surface area contributed by atoms with E-state index in [-0.39, 0.29) is 5.91 Å². The topological polar surface area (TPSA) is 38.1 Å². The Kier molecular flexibility index (Phi) is 3.22. The van der Waals surface area contributed by atoms with E-state index in [1.165, 1.54) is 12.8 Å². The van der Waals surface area contributed by atoms with E-state index in [0.29, 0.717) is 0 Å². The van der Waals surface area contributed by atoms with Gasteiger partial charge in [-0.1, -0.05) is 0 Å². The predicted octanol–water partition coefficient (Wildman–Crippen LogP) is 2.00. The Balaban J connectivity index is 2.19. The lowest BCUT2D eigenvalue weighted by atomic mass is 10.1. The molecular formula is C13H21N3O. The van der Waals surface area contributed by atoms with Crippen molar-refractivity contribution < 1.29 is 4.79 Å². The fraction of sp³-hybridized carbons (Fsp3) is 0.692. The lowest BCUT2D eigenvalue weighted by Gasteiger charge is -2.17. The largest absolute Gasteiger partial charge is 0.341 e. The third kappa shape index (κ3) is 2.35. The van der Waals surface area contributed by atoms with Gasteiger partial charge in [0, 0.05) is 25.8 Å². The number of hydrogen-bond donors (Lipinski definition) is 0. The second-order valence-electron chi connectivity index (χ2n) is 4.99. The second kappa shape index (κ2) is 4.51. The normalized spacial score (nSPS) is 15.1. The SMILES string of the molecule is CCn1nc(C)c(C(=O)N(C)CC2CC2)c1C. The Labute approximate surface area is 103 Å². The molecule has 1 heterocycles. The number of rotatable bonds is 4. The molecule has 0 N–H and O–H groups in total. The minimum Gasteiger partial charge on any atom is -0.341 e. The summed E-state index contributed by atoms with van der Waals surface area (Å²) in [5.74, 6) is 0.845. The van der Waals surface area contributed by atoms with Crippen LogP contribution in [0.1, 0.15) is 41.5 Å². The van der Waals surface area contributed by atoms with Crippen molar-refractivity contribution in [1.82, 2.24) is 14.7 Å². The Bertz CT molecular complexity index is 432. The fourth-order valence-electron chi connectivity index (χ4n) is 2.28. The van der Waals surface area contributed by atoms with Gasteiger partial charge in [0.25, 0.3) is 5.91 Å². The number of nitrogens with zero attached hydrogens (tertiary/aromatic N) is 3. The summed E-state index contributed by atoms with van der Waals surface area (Å²) in [5, 5.41) is 4.40. The Morgan fingerprint density at radius 2 is 2.12 bits per heavy atom. The predicted molar refractivity (Wildman–Crippen MR) is 67.1 cm³/mol. The molecule has 2 rings (SSSR count). The zero-order chi connectivity index (χ0) is 12.6. The Morgan fingerprint density at radius 1 is 1.47 bits per heavy atom. The van der Waals surface area contributed by atoms with E-state index < -0.39 is 0 Å². The third-order valence-corrected chi connectivity index (χ3v) is 3.47. The molecule has 17 heavy (non-hydrogen) atoms. The summed E-state index contributed by atoms with van der Waals surface area (Å²) in [5.41, 5.74) is 2.62. The summed E-state index contributed by atoms with van der Waals surface area (Å²) in [6.07, 6.45) is 2.54. The van der Waals surface area contributed by atoms with Gasteiger partial charge in [0.1, 0.15) is 0 Å². The van der Waals surface area contributed by atoms with Crippen LogP contribution in [0, 0.1) is 19.8 Å². The number of aromatic nitrogens is 2.